The molecule has 0 spiro atoms. The van der Waals surface area contributed by atoms with Gasteiger partial charge in [0.25, 0.3) is 0 Å². The van der Waals surface area contributed by atoms with Crippen molar-refractivity contribution in [2.75, 3.05) is 0 Å². The molecule has 0 aliphatic heterocycles. The predicted octanol–water partition coefficient (Wildman–Crippen LogP) is 1.55. The van der Waals surface area contributed by atoms with Crippen LogP contribution in [0.4, 0.5) is 0 Å². The van der Waals surface area contributed by atoms with Crippen molar-refractivity contribution in [3.05, 3.63) is 30.0 Å². The van der Waals surface area contributed by atoms with Gasteiger partial charge in [0.1, 0.15) is 5.69 Å². The summed E-state index contributed by atoms with van der Waals surface area (Å²) in [5.74, 6) is 2.56. The molecule has 2 rings (SSSR count). The fourth-order valence-corrected chi connectivity index (χ4v) is 1.32. The number of aromatic nitrogens is 2. The molecule has 0 atom stereocenters. The first-order valence-corrected chi connectivity index (χ1v) is 3.71. The van der Waals surface area contributed by atoms with Crippen molar-refractivity contribution in [3.8, 4) is 12.3 Å². The molecule has 12 heavy (non-hydrogen) atoms. The Balaban J connectivity index is 2.94. The Morgan fingerprint density at radius 2 is 2.17 bits per heavy atom. The van der Waals surface area contributed by atoms with E-state index in [-0.39, 0.29) is 0 Å². The quantitative estimate of drug-likeness (QED) is 0.529. The molecule has 1 heterocycles. The maximum absolute atomic E-state index is 5.30. The summed E-state index contributed by atoms with van der Waals surface area (Å²) >= 11 is 0. The topological polar surface area (TPSA) is 17.8 Å². The number of fused-ring (bicyclic) bond motifs is 1. The largest absolute Gasteiger partial charge is 0.267 e. The number of para-hydroxylation sites is 1. The molecule has 2 nitrogen and oxygen atoms in total. The smallest absolute Gasteiger partial charge is 0.142 e. The van der Waals surface area contributed by atoms with Gasteiger partial charge in [-0.25, -0.2) is 0 Å². The van der Waals surface area contributed by atoms with Crippen LogP contribution in [0.5, 0.6) is 0 Å². The zero-order valence-corrected chi connectivity index (χ0v) is 6.78. The number of aryl methyl sites for hydroxylation is 1. The van der Waals surface area contributed by atoms with E-state index in [9.17, 15) is 0 Å². The van der Waals surface area contributed by atoms with E-state index < -0.39 is 0 Å². The summed E-state index contributed by atoms with van der Waals surface area (Å²) in [6.07, 6.45) is 5.30. The van der Waals surface area contributed by atoms with Crippen molar-refractivity contribution in [2.45, 2.75) is 0 Å². The maximum Gasteiger partial charge on any atom is 0.142 e. The lowest BCUT2D eigenvalue weighted by molar-refractivity contribution is 0.792. The molecule has 0 amide bonds. The average Bonchev–Trinajstić information content (AvgIpc) is 2.44. The van der Waals surface area contributed by atoms with Gasteiger partial charge in [-0.05, 0) is 18.1 Å². The van der Waals surface area contributed by atoms with Crippen molar-refractivity contribution >= 4 is 10.9 Å². The molecule has 1 aromatic heterocycles. The van der Waals surface area contributed by atoms with Crippen LogP contribution in [-0.4, -0.2) is 9.78 Å². The van der Waals surface area contributed by atoms with Gasteiger partial charge in [0.05, 0.1) is 5.52 Å². The van der Waals surface area contributed by atoms with Gasteiger partial charge in [-0.15, -0.1) is 6.42 Å². The third kappa shape index (κ3) is 0.802. The third-order valence-corrected chi connectivity index (χ3v) is 1.89. The number of rotatable bonds is 0. The summed E-state index contributed by atoms with van der Waals surface area (Å²) in [7, 11) is 1.89. The number of hydrogen-bond donors (Lipinski definition) is 0. The summed E-state index contributed by atoms with van der Waals surface area (Å²) < 4.78 is 1.80. The van der Waals surface area contributed by atoms with Gasteiger partial charge in [0.15, 0.2) is 0 Å². The van der Waals surface area contributed by atoms with Crippen LogP contribution in [0.1, 0.15) is 5.69 Å². The Morgan fingerprint density at radius 3 is 2.92 bits per heavy atom. The normalized spacial score (nSPS) is 10.0. The molecule has 0 aliphatic rings. The number of benzene rings is 1. The number of terminal acetylenes is 1. The molecule has 1 aromatic carbocycles. The molecule has 2 aromatic rings. The van der Waals surface area contributed by atoms with E-state index in [1.807, 2.05) is 31.3 Å². The Bertz CT molecular complexity index is 460. The van der Waals surface area contributed by atoms with Gasteiger partial charge in [0.2, 0.25) is 0 Å². The summed E-state index contributed by atoms with van der Waals surface area (Å²) in [5, 5.41) is 5.23. The van der Waals surface area contributed by atoms with Crippen LogP contribution >= 0.6 is 0 Å². The van der Waals surface area contributed by atoms with E-state index >= 15 is 0 Å². The van der Waals surface area contributed by atoms with Crippen molar-refractivity contribution < 1.29 is 0 Å². The molecule has 0 unspecified atom stereocenters. The lowest BCUT2D eigenvalue weighted by Crippen LogP contribution is -1.88. The lowest BCUT2D eigenvalue weighted by Gasteiger charge is -1.89. The Hall–Kier alpha value is -1.75. The predicted molar refractivity (Wildman–Crippen MR) is 48.6 cm³/mol. The molecule has 0 aliphatic carbocycles. The van der Waals surface area contributed by atoms with E-state index in [0.717, 1.165) is 10.9 Å². The first-order valence-electron chi connectivity index (χ1n) is 3.71. The first kappa shape index (κ1) is 6.93. The van der Waals surface area contributed by atoms with Gasteiger partial charge < -0.3 is 0 Å². The van der Waals surface area contributed by atoms with Crippen LogP contribution in [0.3, 0.4) is 0 Å². The zero-order chi connectivity index (χ0) is 8.55. The van der Waals surface area contributed by atoms with E-state index in [0.29, 0.717) is 5.69 Å². The fraction of sp³-hybridized carbons (Fsp3) is 0.100. The minimum atomic E-state index is 0.716. The number of nitrogens with zero attached hydrogens (tertiary/aromatic N) is 2. The van der Waals surface area contributed by atoms with Crippen molar-refractivity contribution in [3.63, 3.8) is 0 Å². The van der Waals surface area contributed by atoms with Crippen LogP contribution in [0.25, 0.3) is 10.9 Å². The summed E-state index contributed by atoms with van der Waals surface area (Å²) in [4.78, 5) is 0. The highest BCUT2D eigenvalue weighted by atomic mass is 15.3. The third-order valence-electron chi connectivity index (χ3n) is 1.89. The van der Waals surface area contributed by atoms with Gasteiger partial charge in [-0.1, -0.05) is 12.1 Å². The molecular formula is C10H8N2. The Labute approximate surface area is 70.8 Å². The van der Waals surface area contributed by atoms with Crippen molar-refractivity contribution in [1.29, 1.82) is 0 Å². The zero-order valence-electron chi connectivity index (χ0n) is 6.78. The second-order valence-electron chi connectivity index (χ2n) is 2.63. The highest BCUT2D eigenvalue weighted by Gasteiger charge is 2.03. The Morgan fingerprint density at radius 1 is 1.42 bits per heavy atom. The van der Waals surface area contributed by atoms with E-state index in [1.165, 1.54) is 0 Å². The summed E-state index contributed by atoms with van der Waals surface area (Å²) in [6.45, 7) is 0. The second kappa shape index (κ2) is 2.38. The van der Waals surface area contributed by atoms with Gasteiger partial charge in [0, 0.05) is 12.4 Å². The summed E-state index contributed by atoms with van der Waals surface area (Å²) in [6, 6.07) is 7.93. The van der Waals surface area contributed by atoms with Crippen LogP contribution in [-0.2, 0) is 7.05 Å². The van der Waals surface area contributed by atoms with Crippen LogP contribution < -0.4 is 0 Å². The van der Waals surface area contributed by atoms with Crippen LogP contribution in [0.15, 0.2) is 24.3 Å². The highest BCUT2D eigenvalue weighted by Crippen LogP contribution is 2.15. The van der Waals surface area contributed by atoms with Crippen LogP contribution in [0.2, 0.25) is 0 Å². The molecule has 0 N–H and O–H groups in total. The average molecular weight is 156 g/mol. The minimum Gasteiger partial charge on any atom is -0.267 e. The molecule has 0 fully saturated rings. The monoisotopic (exact) mass is 156 g/mol. The minimum absolute atomic E-state index is 0.716. The molecule has 2 heteroatoms. The summed E-state index contributed by atoms with van der Waals surface area (Å²) in [5.41, 5.74) is 1.79. The standard InChI is InChI=1S/C10H8N2/c1-3-9-8-6-4-5-7-10(8)12(2)11-9/h1,4-7H,2H3. The molecule has 0 bridgehead atoms. The van der Waals surface area contributed by atoms with E-state index in [1.54, 1.807) is 4.68 Å². The fourth-order valence-electron chi connectivity index (χ4n) is 1.32. The Kier molecular flexibility index (Phi) is 1.38. The maximum atomic E-state index is 5.30. The second-order valence-corrected chi connectivity index (χ2v) is 2.63. The van der Waals surface area contributed by atoms with Crippen molar-refractivity contribution in [2.24, 2.45) is 7.05 Å². The first-order chi connectivity index (χ1) is 5.83. The molecular weight excluding hydrogens is 148 g/mol. The highest BCUT2D eigenvalue weighted by molar-refractivity contribution is 5.84. The van der Waals surface area contributed by atoms with Crippen molar-refractivity contribution in [1.82, 2.24) is 9.78 Å². The van der Waals surface area contributed by atoms with Crippen LogP contribution in [0, 0.1) is 12.3 Å². The molecule has 0 saturated carbocycles. The lowest BCUT2D eigenvalue weighted by atomic mass is 10.2. The molecule has 58 valence electrons. The van der Waals surface area contributed by atoms with E-state index in [2.05, 4.69) is 11.0 Å². The van der Waals surface area contributed by atoms with E-state index in [4.69, 9.17) is 6.42 Å². The molecule has 0 radical (unpaired) electrons. The molecule has 0 saturated heterocycles. The van der Waals surface area contributed by atoms with Gasteiger partial charge >= 0.3 is 0 Å². The SMILES string of the molecule is C#Cc1nn(C)c2ccccc12. The number of hydrogen-bond acceptors (Lipinski definition) is 1. The van der Waals surface area contributed by atoms with Gasteiger partial charge in [-0.3, -0.25) is 4.68 Å². The van der Waals surface area contributed by atoms with Gasteiger partial charge in [-0.2, -0.15) is 5.10 Å².